The van der Waals surface area contributed by atoms with Gasteiger partial charge in [0, 0.05) is 26.1 Å². The summed E-state index contributed by atoms with van der Waals surface area (Å²) in [5.74, 6) is 1.80. The Morgan fingerprint density at radius 2 is 1.81 bits per heavy atom. The van der Waals surface area contributed by atoms with Gasteiger partial charge in [-0.15, -0.1) is 0 Å². The first-order valence-electron chi connectivity index (χ1n) is 13.0. The van der Waals surface area contributed by atoms with Gasteiger partial charge in [-0.05, 0) is 55.9 Å². The molecule has 1 saturated carbocycles. The zero-order valence-corrected chi connectivity index (χ0v) is 21.3. The Morgan fingerprint density at radius 1 is 1.11 bits per heavy atom. The Balaban J connectivity index is 1.60. The average Bonchev–Trinajstić information content (AvgIpc) is 3.65. The Hall–Kier alpha value is -3.16. The Labute approximate surface area is 213 Å². The molecule has 1 aliphatic rings. The van der Waals surface area contributed by atoms with Crippen molar-refractivity contribution in [2.75, 3.05) is 19.7 Å². The normalized spacial score (nSPS) is 14.1. The number of nitrogens with zero attached hydrogens (tertiary/aromatic N) is 3. The zero-order valence-electron chi connectivity index (χ0n) is 21.3. The van der Waals surface area contributed by atoms with Gasteiger partial charge in [-0.2, -0.15) is 5.10 Å². The number of rotatable bonds is 14. The van der Waals surface area contributed by atoms with E-state index in [2.05, 4.69) is 11.8 Å². The average molecular weight is 492 g/mol. The van der Waals surface area contributed by atoms with Gasteiger partial charge in [-0.25, -0.2) is 4.68 Å². The molecule has 1 heterocycles. The number of aliphatic hydroxyl groups excluding tert-OH is 1. The lowest BCUT2D eigenvalue weighted by Gasteiger charge is -2.25. The molecule has 0 bridgehead atoms. The van der Waals surface area contributed by atoms with E-state index in [1.54, 1.807) is 0 Å². The van der Waals surface area contributed by atoms with Crippen LogP contribution in [0.5, 0.6) is 11.6 Å². The Bertz CT molecular complexity index is 1100. The molecule has 1 N–H and O–H groups in total. The van der Waals surface area contributed by atoms with Crippen molar-refractivity contribution >= 4 is 5.97 Å². The maximum absolute atomic E-state index is 11.8. The van der Waals surface area contributed by atoms with Gasteiger partial charge < -0.3 is 14.6 Å². The van der Waals surface area contributed by atoms with Crippen LogP contribution in [0.2, 0.25) is 0 Å². The fourth-order valence-electron chi connectivity index (χ4n) is 4.28. The molecule has 2 aromatic carbocycles. The summed E-state index contributed by atoms with van der Waals surface area (Å²) >= 11 is 0. The molecule has 0 spiro atoms. The number of aryl methyl sites for hydroxylation is 1. The van der Waals surface area contributed by atoms with Gasteiger partial charge >= 0.3 is 5.97 Å². The minimum atomic E-state index is -0.753. The van der Waals surface area contributed by atoms with E-state index in [0.717, 1.165) is 42.1 Å². The predicted molar refractivity (Wildman–Crippen MR) is 139 cm³/mol. The second-order valence-corrected chi connectivity index (χ2v) is 9.47. The molecule has 0 amide bonds. The number of esters is 1. The molecule has 0 radical (unpaired) electrons. The molecule has 3 aromatic rings. The van der Waals surface area contributed by atoms with Gasteiger partial charge in [-0.3, -0.25) is 9.69 Å². The first-order chi connectivity index (χ1) is 17.6. The molecule has 36 heavy (non-hydrogen) atoms. The number of carbonyl (C=O) groups excluding carboxylic acids is 1. The van der Waals surface area contributed by atoms with Gasteiger partial charge in [0.2, 0.25) is 5.88 Å². The standard InChI is InChI=1S/C29H37N3O4/c1-3-11-28(34)35-21-24(33)19-31(18-22-16-17-22)20-26-27(4-2)30-32(23-12-7-5-8-13-23)29(26)36-25-14-9-6-10-15-25/h5-10,12-15,22,24,33H,3-4,11,16-21H2,1-2H3. The van der Waals surface area contributed by atoms with Gasteiger partial charge in [0.05, 0.1) is 16.9 Å². The first kappa shape index (κ1) is 25.9. The highest BCUT2D eigenvalue weighted by atomic mass is 16.5. The quantitative estimate of drug-likeness (QED) is 0.315. The van der Waals surface area contributed by atoms with E-state index in [-0.39, 0.29) is 12.6 Å². The van der Waals surface area contributed by atoms with Crippen LogP contribution < -0.4 is 4.74 Å². The van der Waals surface area contributed by atoms with Crippen LogP contribution in [0.3, 0.4) is 0 Å². The fourth-order valence-corrected chi connectivity index (χ4v) is 4.28. The van der Waals surface area contributed by atoms with Crippen molar-refractivity contribution in [2.24, 2.45) is 5.92 Å². The number of aliphatic hydroxyl groups is 1. The molecule has 0 aliphatic heterocycles. The van der Waals surface area contributed by atoms with Crippen LogP contribution in [0.1, 0.15) is 50.8 Å². The SMILES string of the molecule is CCCC(=O)OCC(O)CN(Cc1c(CC)nn(-c2ccccc2)c1Oc1ccccc1)CC1CC1. The van der Waals surface area contributed by atoms with Crippen molar-refractivity contribution in [3.05, 3.63) is 71.9 Å². The molecule has 1 atom stereocenters. The highest BCUT2D eigenvalue weighted by Crippen LogP contribution is 2.34. The van der Waals surface area contributed by atoms with E-state index in [1.807, 2.05) is 72.3 Å². The monoisotopic (exact) mass is 491 g/mol. The number of hydrogen-bond donors (Lipinski definition) is 1. The molecule has 7 nitrogen and oxygen atoms in total. The minimum absolute atomic E-state index is 0.0112. The zero-order chi connectivity index (χ0) is 25.3. The van der Waals surface area contributed by atoms with Gasteiger partial charge in [0.1, 0.15) is 18.5 Å². The third kappa shape index (κ3) is 7.18. The number of para-hydroxylation sites is 2. The van der Waals surface area contributed by atoms with E-state index in [0.29, 0.717) is 31.3 Å². The van der Waals surface area contributed by atoms with E-state index >= 15 is 0 Å². The smallest absolute Gasteiger partial charge is 0.305 e. The summed E-state index contributed by atoms with van der Waals surface area (Å²) in [5.41, 5.74) is 2.91. The summed E-state index contributed by atoms with van der Waals surface area (Å²) in [6.07, 6.45) is 3.52. The predicted octanol–water partition coefficient (Wildman–Crippen LogP) is 5.14. The van der Waals surface area contributed by atoms with Crippen LogP contribution in [-0.4, -0.2) is 51.6 Å². The molecule has 7 heteroatoms. The molecule has 1 fully saturated rings. The maximum Gasteiger partial charge on any atom is 0.305 e. The highest BCUT2D eigenvalue weighted by molar-refractivity contribution is 5.69. The second kappa shape index (κ2) is 12.7. The molecular weight excluding hydrogens is 454 g/mol. The number of carbonyl (C=O) groups is 1. The van der Waals surface area contributed by atoms with Crippen LogP contribution in [0.25, 0.3) is 5.69 Å². The summed E-state index contributed by atoms with van der Waals surface area (Å²) in [7, 11) is 0. The van der Waals surface area contributed by atoms with Crippen molar-refractivity contribution < 1.29 is 19.4 Å². The first-order valence-corrected chi connectivity index (χ1v) is 13.0. The van der Waals surface area contributed by atoms with Crippen LogP contribution in [0, 0.1) is 5.92 Å². The summed E-state index contributed by atoms with van der Waals surface area (Å²) in [6, 6.07) is 19.7. The van der Waals surface area contributed by atoms with E-state index in [9.17, 15) is 9.90 Å². The van der Waals surface area contributed by atoms with Crippen LogP contribution in [0.15, 0.2) is 60.7 Å². The second-order valence-electron chi connectivity index (χ2n) is 9.47. The third-order valence-electron chi connectivity index (χ3n) is 6.27. The summed E-state index contributed by atoms with van der Waals surface area (Å²) in [4.78, 5) is 14.0. The van der Waals surface area contributed by atoms with E-state index in [4.69, 9.17) is 14.6 Å². The molecule has 0 saturated heterocycles. The summed E-state index contributed by atoms with van der Waals surface area (Å²) in [6.45, 7) is 5.93. The van der Waals surface area contributed by atoms with Crippen molar-refractivity contribution in [2.45, 2.75) is 58.6 Å². The van der Waals surface area contributed by atoms with Crippen LogP contribution >= 0.6 is 0 Å². The third-order valence-corrected chi connectivity index (χ3v) is 6.27. The largest absolute Gasteiger partial charge is 0.463 e. The lowest BCUT2D eigenvalue weighted by molar-refractivity contribution is -0.147. The van der Waals surface area contributed by atoms with Crippen molar-refractivity contribution in [1.29, 1.82) is 0 Å². The van der Waals surface area contributed by atoms with E-state index in [1.165, 1.54) is 12.8 Å². The van der Waals surface area contributed by atoms with Gasteiger partial charge in [-0.1, -0.05) is 50.2 Å². The molecule has 1 aliphatic carbocycles. The topological polar surface area (TPSA) is 76.8 Å². The van der Waals surface area contributed by atoms with Gasteiger partial charge in [0.15, 0.2) is 0 Å². The highest BCUT2D eigenvalue weighted by Gasteiger charge is 2.29. The van der Waals surface area contributed by atoms with Crippen molar-refractivity contribution in [3.8, 4) is 17.3 Å². The minimum Gasteiger partial charge on any atom is -0.463 e. The Kier molecular flexibility index (Phi) is 9.14. The summed E-state index contributed by atoms with van der Waals surface area (Å²) < 4.78 is 13.6. The number of aromatic nitrogens is 2. The van der Waals surface area contributed by atoms with E-state index < -0.39 is 6.10 Å². The number of hydrogen-bond acceptors (Lipinski definition) is 6. The fraction of sp³-hybridized carbons (Fsp3) is 0.448. The summed E-state index contributed by atoms with van der Waals surface area (Å²) in [5, 5.41) is 15.6. The van der Waals surface area contributed by atoms with Crippen molar-refractivity contribution in [3.63, 3.8) is 0 Å². The Morgan fingerprint density at radius 3 is 2.44 bits per heavy atom. The lowest BCUT2D eigenvalue weighted by Crippen LogP contribution is -2.36. The number of ether oxygens (including phenoxy) is 2. The molecule has 192 valence electrons. The van der Waals surface area contributed by atoms with Crippen LogP contribution in [-0.2, 0) is 22.5 Å². The molecular formula is C29H37N3O4. The molecule has 1 unspecified atom stereocenters. The molecule has 4 rings (SSSR count). The molecule has 1 aromatic heterocycles. The number of benzene rings is 2. The lowest BCUT2D eigenvalue weighted by atomic mass is 10.1. The van der Waals surface area contributed by atoms with Gasteiger partial charge in [0.25, 0.3) is 0 Å². The van der Waals surface area contributed by atoms with Crippen molar-refractivity contribution in [1.82, 2.24) is 14.7 Å². The van der Waals surface area contributed by atoms with Crippen LogP contribution in [0.4, 0.5) is 0 Å². The maximum atomic E-state index is 11.8.